The molecule has 2 heterocycles. The Morgan fingerprint density at radius 1 is 1.06 bits per heavy atom. The van der Waals surface area contributed by atoms with Gasteiger partial charge in [-0.25, -0.2) is 4.79 Å². The largest absolute Gasteiger partial charge is 0.478 e. The molecule has 2 amide bonds. The summed E-state index contributed by atoms with van der Waals surface area (Å²) in [4.78, 5) is 38.7. The molecule has 0 aliphatic carbocycles. The van der Waals surface area contributed by atoms with Crippen molar-refractivity contribution in [1.82, 2.24) is 9.88 Å². The van der Waals surface area contributed by atoms with E-state index in [1.807, 2.05) is 26.0 Å². The molecule has 1 aliphatic heterocycles. The number of carbonyl (C=O) groups is 3. The van der Waals surface area contributed by atoms with Crippen LogP contribution in [0.3, 0.4) is 0 Å². The number of rotatable bonds is 4. The molecule has 1 fully saturated rings. The highest BCUT2D eigenvalue weighted by Crippen LogP contribution is 2.27. The molecule has 0 atom stereocenters. The van der Waals surface area contributed by atoms with Crippen LogP contribution >= 0.6 is 12.2 Å². The third-order valence-electron chi connectivity index (χ3n) is 5.36. The fourth-order valence-electron chi connectivity index (χ4n) is 3.54. The van der Waals surface area contributed by atoms with Crippen LogP contribution in [0.1, 0.15) is 27.2 Å². The number of aromatic nitrogens is 1. The van der Waals surface area contributed by atoms with Crippen LogP contribution in [0.2, 0.25) is 0 Å². The van der Waals surface area contributed by atoms with Gasteiger partial charge in [0.25, 0.3) is 11.8 Å². The summed E-state index contributed by atoms with van der Waals surface area (Å²) in [7, 11) is 0. The first-order valence-corrected chi connectivity index (χ1v) is 10.2. The molecule has 2 N–H and O–H groups in total. The molecule has 160 valence electrons. The monoisotopic (exact) mass is 445 g/mol. The van der Waals surface area contributed by atoms with Crippen LogP contribution in [-0.4, -0.2) is 32.6 Å². The summed E-state index contributed by atoms with van der Waals surface area (Å²) in [5, 5.41) is 11.9. The van der Waals surface area contributed by atoms with E-state index in [-0.39, 0.29) is 16.2 Å². The van der Waals surface area contributed by atoms with E-state index >= 15 is 0 Å². The van der Waals surface area contributed by atoms with Gasteiger partial charge in [-0.1, -0.05) is 18.2 Å². The Morgan fingerprint density at radius 2 is 1.81 bits per heavy atom. The molecule has 0 saturated carbocycles. The minimum Gasteiger partial charge on any atom is -0.478 e. The number of aromatic carboxylic acids is 1. The predicted molar refractivity (Wildman–Crippen MR) is 125 cm³/mol. The summed E-state index contributed by atoms with van der Waals surface area (Å²) < 4.78 is 1.70. The lowest BCUT2D eigenvalue weighted by molar-refractivity contribution is -0.122. The van der Waals surface area contributed by atoms with E-state index in [0.717, 1.165) is 11.1 Å². The molecule has 0 bridgehead atoms. The normalized spacial score (nSPS) is 15.2. The highest BCUT2D eigenvalue weighted by Gasteiger charge is 2.35. The number of aryl methyl sites for hydroxylation is 1. The first-order chi connectivity index (χ1) is 15.3. The van der Waals surface area contributed by atoms with Gasteiger partial charge in [0.05, 0.1) is 11.3 Å². The number of hydrogen-bond acceptors (Lipinski definition) is 4. The van der Waals surface area contributed by atoms with Gasteiger partial charge in [-0.05, 0) is 79.7 Å². The van der Waals surface area contributed by atoms with Crippen LogP contribution in [0.25, 0.3) is 11.8 Å². The molecule has 8 heteroatoms. The van der Waals surface area contributed by atoms with E-state index < -0.39 is 17.8 Å². The molecular weight excluding hydrogens is 426 g/mol. The van der Waals surface area contributed by atoms with E-state index in [9.17, 15) is 19.5 Å². The number of thiocarbonyl (C=S) groups is 1. The second-order valence-electron chi connectivity index (χ2n) is 7.34. The minimum atomic E-state index is -1.04. The van der Waals surface area contributed by atoms with Crippen molar-refractivity contribution in [3.63, 3.8) is 0 Å². The standard InChI is InChI=1S/C24H19N3O4S/c1-14-6-3-10-20(15(14)2)27-22(29)19(21(28)25-24(27)32)13-18-9-5-11-26(18)17-8-4-7-16(12-17)23(30)31/h3-13H,1-2H3,(H,30,31)(H,25,28,32). The number of benzene rings is 2. The van der Waals surface area contributed by atoms with Crippen LogP contribution in [0.5, 0.6) is 0 Å². The molecule has 3 aromatic rings. The van der Waals surface area contributed by atoms with Crippen LogP contribution in [0.4, 0.5) is 5.69 Å². The van der Waals surface area contributed by atoms with Crippen molar-refractivity contribution in [3.8, 4) is 5.69 Å². The summed E-state index contributed by atoms with van der Waals surface area (Å²) in [6.45, 7) is 3.82. The number of carbonyl (C=O) groups excluding carboxylic acids is 2. The average Bonchev–Trinajstić information content (AvgIpc) is 3.22. The second kappa shape index (κ2) is 8.24. The Morgan fingerprint density at radius 3 is 2.56 bits per heavy atom. The topological polar surface area (TPSA) is 91.6 Å². The predicted octanol–water partition coefficient (Wildman–Crippen LogP) is 3.62. The maximum Gasteiger partial charge on any atom is 0.335 e. The number of carboxylic acid groups (broad SMARTS) is 1. The van der Waals surface area contributed by atoms with Crippen LogP contribution in [-0.2, 0) is 9.59 Å². The molecule has 0 radical (unpaired) electrons. The Hall–Kier alpha value is -4.04. The van der Waals surface area contributed by atoms with Gasteiger partial charge in [0, 0.05) is 17.6 Å². The Kier molecular flexibility index (Phi) is 5.46. The number of nitrogens with zero attached hydrogens (tertiary/aromatic N) is 2. The van der Waals surface area contributed by atoms with Crippen LogP contribution in [0.15, 0.2) is 66.4 Å². The van der Waals surface area contributed by atoms with Crippen molar-refractivity contribution < 1.29 is 19.5 Å². The first-order valence-electron chi connectivity index (χ1n) is 9.76. The van der Waals surface area contributed by atoms with Crippen molar-refractivity contribution in [2.24, 2.45) is 0 Å². The fraction of sp³-hybridized carbons (Fsp3) is 0.0833. The fourth-order valence-corrected chi connectivity index (χ4v) is 3.81. The molecule has 0 unspecified atom stereocenters. The molecule has 1 saturated heterocycles. The van der Waals surface area contributed by atoms with Gasteiger partial charge in [0.15, 0.2) is 5.11 Å². The van der Waals surface area contributed by atoms with Crippen LogP contribution < -0.4 is 10.2 Å². The molecule has 2 aromatic carbocycles. The smallest absolute Gasteiger partial charge is 0.335 e. The van der Waals surface area contributed by atoms with Crippen molar-refractivity contribution in [3.05, 3.63) is 88.8 Å². The zero-order valence-electron chi connectivity index (χ0n) is 17.3. The lowest BCUT2D eigenvalue weighted by Gasteiger charge is -2.30. The van der Waals surface area contributed by atoms with Crippen molar-refractivity contribution >= 4 is 46.9 Å². The van der Waals surface area contributed by atoms with Gasteiger partial charge >= 0.3 is 5.97 Å². The van der Waals surface area contributed by atoms with Gasteiger partial charge in [0.1, 0.15) is 5.57 Å². The van der Waals surface area contributed by atoms with Crippen molar-refractivity contribution in [1.29, 1.82) is 0 Å². The molecule has 7 nitrogen and oxygen atoms in total. The molecule has 1 aromatic heterocycles. The Balaban J connectivity index is 1.77. The van der Waals surface area contributed by atoms with Crippen molar-refractivity contribution in [2.45, 2.75) is 13.8 Å². The van der Waals surface area contributed by atoms with E-state index in [1.54, 1.807) is 41.1 Å². The SMILES string of the molecule is Cc1cccc(N2C(=O)C(=Cc3cccn3-c3cccc(C(=O)O)c3)C(=O)NC2=S)c1C. The summed E-state index contributed by atoms with van der Waals surface area (Å²) >= 11 is 5.29. The first kappa shape index (κ1) is 21.2. The number of nitrogens with one attached hydrogen (secondary N) is 1. The zero-order chi connectivity index (χ0) is 23.0. The van der Waals surface area contributed by atoms with Gasteiger partial charge in [0.2, 0.25) is 0 Å². The minimum absolute atomic E-state index is 0.0235. The van der Waals surface area contributed by atoms with Gasteiger partial charge in [-0.3, -0.25) is 19.8 Å². The Labute approximate surface area is 189 Å². The molecule has 1 aliphatic rings. The van der Waals surface area contributed by atoms with Crippen LogP contribution in [0, 0.1) is 13.8 Å². The maximum atomic E-state index is 13.4. The third kappa shape index (κ3) is 3.72. The van der Waals surface area contributed by atoms with Gasteiger partial charge in [-0.15, -0.1) is 0 Å². The highest BCUT2D eigenvalue weighted by atomic mass is 32.1. The van der Waals surface area contributed by atoms with E-state index in [4.69, 9.17) is 12.2 Å². The number of anilines is 1. The molecule has 0 spiro atoms. The second-order valence-corrected chi connectivity index (χ2v) is 7.72. The maximum absolute atomic E-state index is 13.4. The number of amides is 2. The van der Waals surface area contributed by atoms with Gasteiger partial charge < -0.3 is 9.67 Å². The quantitative estimate of drug-likeness (QED) is 0.364. The summed E-state index contributed by atoms with van der Waals surface area (Å²) in [6.07, 6.45) is 3.21. The third-order valence-corrected chi connectivity index (χ3v) is 5.65. The number of hydrogen-bond donors (Lipinski definition) is 2. The lowest BCUT2D eigenvalue weighted by atomic mass is 10.0. The molecule has 4 rings (SSSR count). The molecule has 32 heavy (non-hydrogen) atoms. The van der Waals surface area contributed by atoms with Gasteiger partial charge in [-0.2, -0.15) is 0 Å². The van der Waals surface area contributed by atoms with E-state index in [0.29, 0.717) is 17.1 Å². The van der Waals surface area contributed by atoms with Crippen molar-refractivity contribution in [2.75, 3.05) is 4.90 Å². The van der Waals surface area contributed by atoms with E-state index in [2.05, 4.69) is 5.32 Å². The summed E-state index contributed by atoms with van der Waals surface area (Å²) in [6, 6.07) is 15.4. The zero-order valence-corrected chi connectivity index (χ0v) is 18.1. The summed E-state index contributed by atoms with van der Waals surface area (Å²) in [5.41, 5.74) is 3.67. The molecular formula is C24H19N3O4S. The van der Waals surface area contributed by atoms with E-state index in [1.165, 1.54) is 23.1 Å². The Bertz CT molecular complexity index is 1320. The highest BCUT2D eigenvalue weighted by molar-refractivity contribution is 7.80. The summed E-state index contributed by atoms with van der Waals surface area (Å²) in [5.74, 6) is -2.16. The lowest BCUT2D eigenvalue weighted by Crippen LogP contribution is -2.54. The number of carboxylic acids is 1. The average molecular weight is 446 g/mol.